The van der Waals surface area contributed by atoms with E-state index >= 15 is 0 Å². The molecule has 0 aliphatic rings. The Morgan fingerprint density at radius 1 is 1.14 bits per heavy atom. The number of carbonyl (C=O) groups is 1. The molecule has 142 valence electrons. The van der Waals surface area contributed by atoms with Crippen LogP contribution in [0.4, 0.5) is 5.95 Å². The van der Waals surface area contributed by atoms with Gasteiger partial charge in [0.25, 0.3) is 0 Å². The van der Waals surface area contributed by atoms with E-state index in [9.17, 15) is 4.79 Å². The zero-order chi connectivity index (χ0) is 19.3. The van der Waals surface area contributed by atoms with Crippen molar-refractivity contribution >= 4 is 39.8 Å². The Balaban J connectivity index is 1.34. The SMILES string of the molecule is O=C(CCCOc1ccccc1)Nc1nc2scc(-c3ccc(Cl)cc3)n2n1. The van der Waals surface area contributed by atoms with Gasteiger partial charge in [0.1, 0.15) is 5.75 Å². The normalized spacial score (nSPS) is 10.9. The van der Waals surface area contributed by atoms with Crippen LogP contribution < -0.4 is 10.1 Å². The van der Waals surface area contributed by atoms with Gasteiger partial charge >= 0.3 is 0 Å². The van der Waals surface area contributed by atoms with E-state index in [-0.39, 0.29) is 5.91 Å². The van der Waals surface area contributed by atoms with Gasteiger partial charge < -0.3 is 4.74 Å². The molecular formula is C20H17ClN4O2S. The number of fused-ring (bicyclic) bond motifs is 1. The Morgan fingerprint density at radius 2 is 1.93 bits per heavy atom. The Bertz CT molecular complexity index is 1080. The van der Waals surface area contributed by atoms with Crippen LogP contribution in [0, 0.1) is 0 Å². The number of anilines is 1. The van der Waals surface area contributed by atoms with E-state index in [0.717, 1.165) is 17.0 Å². The third-order valence-corrected chi connectivity index (χ3v) is 5.10. The number of nitrogens with one attached hydrogen (secondary N) is 1. The predicted octanol–water partition coefficient (Wildman–Crippen LogP) is 4.91. The number of ether oxygens (including phenoxy) is 1. The first-order chi connectivity index (χ1) is 13.7. The molecule has 0 aliphatic heterocycles. The number of benzene rings is 2. The largest absolute Gasteiger partial charge is 0.494 e. The molecule has 2 aromatic heterocycles. The molecule has 0 aliphatic carbocycles. The maximum Gasteiger partial charge on any atom is 0.250 e. The summed E-state index contributed by atoms with van der Waals surface area (Å²) in [4.78, 5) is 17.2. The van der Waals surface area contributed by atoms with Gasteiger partial charge in [-0.05, 0) is 30.7 Å². The van der Waals surface area contributed by atoms with Crippen molar-refractivity contribution < 1.29 is 9.53 Å². The molecule has 2 aromatic carbocycles. The van der Waals surface area contributed by atoms with Crippen molar-refractivity contribution in [2.45, 2.75) is 12.8 Å². The minimum atomic E-state index is -0.136. The number of halogens is 1. The number of carbonyl (C=O) groups excluding carboxylic acids is 1. The van der Waals surface area contributed by atoms with Gasteiger partial charge in [-0.1, -0.05) is 41.9 Å². The lowest BCUT2D eigenvalue weighted by Gasteiger charge is -2.05. The highest BCUT2D eigenvalue weighted by Gasteiger charge is 2.13. The highest BCUT2D eigenvalue weighted by Crippen LogP contribution is 2.27. The predicted molar refractivity (Wildman–Crippen MR) is 111 cm³/mol. The van der Waals surface area contributed by atoms with Crippen molar-refractivity contribution in [1.82, 2.24) is 14.6 Å². The number of thiazole rings is 1. The summed E-state index contributed by atoms with van der Waals surface area (Å²) in [5.41, 5.74) is 1.89. The number of nitrogens with zero attached hydrogens (tertiary/aromatic N) is 3. The Morgan fingerprint density at radius 3 is 2.71 bits per heavy atom. The van der Waals surface area contributed by atoms with E-state index in [1.165, 1.54) is 11.3 Å². The molecule has 28 heavy (non-hydrogen) atoms. The molecule has 0 radical (unpaired) electrons. The lowest BCUT2D eigenvalue weighted by molar-refractivity contribution is -0.116. The van der Waals surface area contributed by atoms with E-state index < -0.39 is 0 Å². The molecule has 0 saturated heterocycles. The molecule has 0 atom stereocenters. The van der Waals surface area contributed by atoms with Gasteiger partial charge in [0.2, 0.25) is 16.8 Å². The smallest absolute Gasteiger partial charge is 0.250 e. The second-order valence-electron chi connectivity index (χ2n) is 6.07. The van der Waals surface area contributed by atoms with Crippen molar-refractivity contribution in [3.63, 3.8) is 0 Å². The standard InChI is InChI=1S/C20H17ClN4O2S/c21-15-10-8-14(9-11-15)17-13-28-20-23-19(24-25(17)20)22-18(26)7-4-12-27-16-5-2-1-3-6-16/h1-3,5-6,8-11,13H,4,7,12H2,(H,22,24,26). The maximum atomic E-state index is 12.1. The molecule has 4 aromatic rings. The highest BCUT2D eigenvalue weighted by molar-refractivity contribution is 7.15. The summed E-state index contributed by atoms with van der Waals surface area (Å²) in [5.74, 6) is 0.965. The van der Waals surface area contributed by atoms with Gasteiger partial charge in [-0.3, -0.25) is 10.1 Å². The molecule has 1 N–H and O–H groups in total. The molecule has 1 amide bonds. The lowest BCUT2D eigenvalue weighted by Crippen LogP contribution is -2.14. The number of para-hydroxylation sites is 1. The summed E-state index contributed by atoms with van der Waals surface area (Å²) >= 11 is 7.42. The number of aromatic nitrogens is 3. The topological polar surface area (TPSA) is 68.5 Å². The van der Waals surface area contributed by atoms with E-state index in [2.05, 4.69) is 15.4 Å². The van der Waals surface area contributed by atoms with Crippen molar-refractivity contribution in [1.29, 1.82) is 0 Å². The van der Waals surface area contributed by atoms with Crippen LogP contribution in [0.3, 0.4) is 0 Å². The Kier molecular flexibility index (Phi) is 5.55. The van der Waals surface area contributed by atoms with Gasteiger partial charge in [0.15, 0.2) is 0 Å². The fraction of sp³-hybridized carbons (Fsp3) is 0.150. The highest BCUT2D eigenvalue weighted by atomic mass is 35.5. The second-order valence-corrected chi connectivity index (χ2v) is 7.34. The van der Waals surface area contributed by atoms with Crippen molar-refractivity contribution in [2.24, 2.45) is 0 Å². The average Bonchev–Trinajstić information content (AvgIpc) is 3.27. The molecule has 6 nitrogen and oxygen atoms in total. The van der Waals surface area contributed by atoms with Gasteiger partial charge in [0, 0.05) is 22.4 Å². The minimum Gasteiger partial charge on any atom is -0.494 e. The van der Waals surface area contributed by atoms with Crippen LogP contribution in [-0.2, 0) is 4.79 Å². The van der Waals surface area contributed by atoms with Gasteiger partial charge in [-0.25, -0.2) is 4.52 Å². The van der Waals surface area contributed by atoms with Crippen molar-refractivity contribution in [3.05, 3.63) is 65.0 Å². The van der Waals surface area contributed by atoms with Crippen LogP contribution in [0.15, 0.2) is 60.0 Å². The third kappa shape index (κ3) is 4.32. The second kappa shape index (κ2) is 8.41. The molecule has 0 fully saturated rings. The number of hydrogen-bond donors (Lipinski definition) is 1. The minimum absolute atomic E-state index is 0.136. The molecule has 0 saturated carbocycles. The molecule has 4 rings (SSSR count). The number of rotatable bonds is 7. The maximum absolute atomic E-state index is 12.1. The van der Waals surface area contributed by atoms with Crippen LogP contribution in [0.25, 0.3) is 16.2 Å². The van der Waals surface area contributed by atoms with Gasteiger partial charge in [-0.2, -0.15) is 4.98 Å². The van der Waals surface area contributed by atoms with E-state index in [4.69, 9.17) is 16.3 Å². The monoisotopic (exact) mass is 412 g/mol. The first-order valence-electron chi connectivity index (χ1n) is 8.77. The molecular weight excluding hydrogens is 396 g/mol. The summed E-state index contributed by atoms with van der Waals surface area (Å²) in [6, 6.07) is 17.1. The zero-order valence-electron chi connectivity index (χ0n) is 14.8. The fourth-order valence-corrected chi connectivity index (χ4v) is 3.64. The van der Waals surface area contributed by atoms with Crippen molar-refractivity contribution in [2.75, 3.05) is 11.9 Å². The average molecular weight is 413 g/mol. The summed E-state index contributed by atoms with van der Waals surface area (Å²) in [6.07, 6.45) is 0.947. The first-order valence-corrected chi connectivity index (χ1v) is 10.0. The van der Waals surface area contributed by atoms with Gasteiger partial charge in [0.05, 0.1) is 12.3 Å². The van der Waals surface area contributed by atoms with Gasteiger partial charge in [-0.15, -0.1) is 16.4 Å². The number of amides is 1. The summed E-state index contributed by atoms with van der Waals surface area (Å²) in [6.45, 7) is 0.476. The molecule has 2 heterocycles. The quantitative estimate of drug-likeness (QED) is 0.438. The van der Waals surface area contributed by atoms with Crippen LogP contribution in [0.5, 0.6) is 5.75 Å². The molecule has 8 heteroatoms. The Hall–Kier alpha value is -2.90. The summed E-state index contributed by atoms with van der Waals surface area (Å²) < 4.78 is 7.32. The molecule has 0 bridgehead atoms. The van der Waals surface area contributed by atoms with Crippen LogP contribution in [0.2, 0.25) is 5.02 Å². The van der Waals surface area contributed by atoms with E-state index in [1.807, 2.05) is 60.0 Å². The Labute approximate surface area is 170 Å². The van der Waals surface area contributed by atoms with Crippen LogP contribution in [0.1, 0.15) is 12.8 Å². The fourth-order valence-electron chi connectivity index (χ4n) is 2.68. The van der Waals surface area contributed by atoms with Crippen LogP contribution >= 0.6 is 22.9 Å². The van der Waals surface area contributed by atoms with E-state index in [1.54, 1.807) is 4.52 Å². The molecule has 0 spiro atoms. The lowest BCUT2D eigenvalue weighted by atomic mass is 10.2. The first kappa shape index (κ1) is 18.5. The zero-order valence-corrected chi connectivity index (χ0v) is 16.4. The van der Waals surface area contributed by atoms with Crippen molar-refractivity contribution in [3.8, 4) is 17.0 Å². The van der Waals surface area contributed by atoms with Crippen LogP contribution in [-0.4, -0.2) is 27.1 Å². The summed E-state index contributed by atoms with van der Waals surface area (Å²) in [5, 5.41) is 9.82. The number of hydrogen-bond acceptors (Lipinski definition) is 5. The third-order valence-electron chi connectivity index (χ3n) is 4.03. The van der Waals surface area contributed by atoms with E-state index in [0.29, 0.717) is 35.4 Å². The summed E-state index contributed by atoms with van der Waals surface area (Å²) in [7, 11) is 0. The molecule has 0 unspecified atom stereocenters.